The zero-order chi connectivity index (χ0) is 15.9. The van der Waals surface area contributed by atoms with Gasteiger partial charge in [-0.25, -0.2) is 0 Å². The maximum Gasteiger partial charge on any atom is 0.180 e. The van der Waals surface area contributed by atoms with Gasteiger partial charge in [0.1, 0.15) is 6.10 Å². The molecule has 0 heterocycles. The van der Waals surface area contributed by atoms with Gasteiger partial charge in [-0.15, -0.1) is 0 Å². The lowest BCUT2D eigenvalue weighted by Gasteiger charge is -2.23. The van der Waals surface area contributed by atoms with Crippen LogP contribution in [0.4, 0.5) is 0 Å². The van der Waals surface area contributed by atoms with Crippen molar-refractivity contribution in [2.45, 2.75) is 26.2 Å². The van der Waals surface area contributed by atoms with Gasteiger partial charge in [0.2, 0.25) is 0 Å². The predicted octanol–water partition coefficient (Wildman–Crippen LogP) is -1.09. The van der Waals surface area contributed by atoms with Gasteiger partial charge in [-0.3, -0.25) is 0 Å². The van der Waals surface area contributed by atoms with Crippen molar-refractivity contribution in [1.29, 1.82) is 0 Å². The summed E-state index contributed by atoms with van der Waals surface area (Å²) in [6.45, 7) is 5.95. The van der Waals surface area contributed by atoms with Gasteiger partial charge >= 0.3 is 0 Å². The quantitative estimate of drug-likeness (QED) is 0.218. The van der Waals surface area contributed by atoms with E-state index in [9.17, 15) is 0 Å². The number of ether oxygens (including phenoxy) is 5. The van der Waals surface area contributed by atoms with E-state index in [0.717, 1.165) is 0 Å². The fraction of sp³-hybridized carbons (Fsp3) is 1.00. The van der Waals surface area contributed by atoms with Crippen molar-refractivity contribution in [2.75, 3.05) is 46.0 Å². The van der Waals surface area contributed by atoms with Gasteiger partial charge in [0.05, 0.1) is 33.5 Å². The molecule has 21 heavy (non-hydrogen) atoms. The van der Waals surface area contributed by atoms with Gasteiger partial charge in [-0.05, 0) is 13.8 Å². The highest BCUT2D eigenvalue weighted by Crippen LogP contribution is 2.02. The van der Waals surface area contributed by atoms with Crippen molar-refractivity contribution < 1.29 is 23.7 Å². The second-order valence-corrected chi connectivity index (χ2v) is 4.27. The lowest BCUT2D eigenvalue weighted by atomic mass is 9.20. The Bertz CT molecular complexity index is 225. The topological polar surface area (TPSA) is 46.2 Å². The fourth-order valence-corrected chi connectivity index (χ4v) is 1.42. The predicted molar refractivity (Wildman–Crippen MR) is 87.2 cm³/mol. The van der Waals surface area contributed by atoms with Crippen LogP contribution >= 0.6 is 0 Å². The Morgan fingerprint density at radius 2 is 1.71 bits per heavy atom. The second-order valence-electron chi connectivity index (χ2n) is 4.27. The van der Waals surface area contributed by atoms with E-state index >= 15 is 0 Å². The van der Waals surface area contributed by atoms with Crippen LogP contribution in [0.1, 0.15) is 13.8 Å². The van der Waals surface area contributed by atoms with Crippen LogP contribution in [-0.4, -0.2) is 95.3 Å². The van der Waals surface area contributed by atoms with Crippen LogP contribution in [0.25, 0.3) is 0 Å². The summed E-state index contributed by atoms with van der Waals surface area (Å²) in [5.41, 5.74) is 0. The highest BCUT2D eigenvalue weighted by atomic mass is 16.7. The van der Waals surface area contributed by atoms with E-state index in [1.54, 1.807) is 0 Å². The molecule has 7 radical (unpaired) electrons. The first-order valence-electron chi connectivity index (χ1n) is 7.18. The third kappa shape index (κ3) is 13.5. The van der Waals surface area contributed by atoms with E-state index < -0.39 is 12.8 Å². The molecule has 0 aliphatic rings. The Morgan fingerprint density at radius 3 is 2.29 bits per heavy atom. The summed E-state index contributed by atoms with van der Waals surface area (Å²) in [7, 11) is 17.6. The number of hydrogen-bond acceptors (Lipinski definition) is 5. The Kier molecular flexibility index (Phi) is 15.1. The van der Waals surface area contributed by atoms with Gasteiger partial charge in [0.15, 0.2) is 6.29 Å². The van der Waals surface area contributed by atoms with Crippen LogP contribution < -0.4 is 0 Å². The van der Waals surface area contributed by atoms with Crippen LogP contribution in [0.3, 0.4) is 0 Å². The summed E-state index contributed by atoms with van der Waals surface area (Å²) in [5, 5.41) is 0. The first-order chi connectivity index (χ1) is 10.1. The van der Waals surface area contributed by atoms with Crippen LogP contribution in [-0.2, 0) is 23.7 Å². The molecule has 2 unspecified atom stereocenters. The van der Waals surface area contributed by atoms with Crippen molar-refractivity contribution >= 4 is 36.9 Å². The van der Waals surface area contributed by atoms with Crippen LogP contribution in [0, 0.1) is 0 Å². The molecule has 0 saturated carbocycles. The molecule has 0 bridgehead atoms. The molecule has 0 rings (SSSR count). The monoisotopic (exact) mass is 289 g/mol. The second kappa shape index (κ2) is 15.0. The Balaban J connectivity index is 4.10. The third-order valence-corrected chi connectivity index (χ3v) is 2.32. The molecule has 0 aliphatic carbocycles. The summed E-state index contributed by atoms with van der Waals surface area (Å²) in [5.74, 6) is 0. The standard InChI is InChI=1S/C11H22B5O5/c1-3-17-5-10(21-9-16(13)14)6-20-11(19-4-2)7-18-8-15-12/h10-11H,3-9H2,1-2H3. The molecule has 0 aromatic heterocycles. The van der Waals surface area contributed by atoms with Crippen molar-refractivity contribution in [3.63, 3.8) is 0 Å². The Labute approximate surface area is 133 Å². The van der Waals surface area contributed by atoms with Crippen molar-refractivity contribution in [2.24, 2.45) is 0 Å². The molecule has 0 aliphatic heterocycles. The lowest BCUT2D eigenvalue weighted by Crippen LogP contribution is -2.35. The summed E-state index contributed by atoms with van der Waals surface area (Å²) in [6, 6.07) is 0. The Morgan fingerprint density at radius 1 is 0.952 bits per heavy atom. The molecule has 0 aromatic carbocycles. The van der Waals surface area contributed by atoms with E-state index in [1.165, 1.54) is 7.17 Å². The van der Waals surface area contributed by atoms with Gasteiger partial charge < -0.3 is 23.7 Å². The molecule has 111 valence electrons. The van der Waals surface area contributed by atoms with Crippen LogP contribution in [0.5, 0.6) is 0 Å². The molecule has 0 N–H and O–H groups in total. The summed E-state index contributed by atoms with van der Waals surface area (Å²) >= 11 is 0. The molecule has 0 amide bonds. The molecule has 2 atom stereocenters. The minimum absolute atomic E-state index is 0.235. The highest BCUT2D eigenvalue weighted by Gasteiger charge is 2.16. The summed E-state index contributed by atoms with van der Waals surface area (Å²) in [6.07, 6.45) is -0.738. The van der Waals surface area contributed by atoms with Crippen molar-refractivity contribution in [1.82, 2.24) is 0 Å². The van der Waals surface area contributed by atoms with Crippen molar-refractivity contribution in [3.8, 4) is 0 Å². The minimum atomic E-state index is -0.528. The zero-order valence-corrected chi connectivity index (χ0v) is 13.0. The van der Waals surface area contributed by atoms with Gasteiger partial charge in [-0.1, -0.05) is 0 Å². The Hall–Kier alpha value is 0.125. The number of rotatable bonds is 15. The zero-order valence-electron chi connectivity index (χ0n) is 13.0. The van der Waals surface area contributed by atoms with E-state index in [2.05, 4.69) is 0 Å². The largest absolute Gasteiger partial charge is 0.386 e. The van der Waals surface area contributed by atoms with Gasteiger partial charge in [0.25, 0.3) is 0 Å². The van der Waals surface area contributed by atoms with E-state index in [1.807, 2.05) is 13.8 Å². The molecule has 0 aromatic rings. The van der Waals surface area contributed by atoms with E-state index in [4.69, 9.17) is 46.9 Å². The van der Waals surface area contributed by atoms with Crippen molar-refractivity contribution in [3.05, 3.63) is 0 Å². The molecular formula is C11H22B5O5. The number of hydrogen-bond donors (Lipinski definition) is 0. The molecule has 0 fully saturated rings. The average molecular weight is 288 g/mol. The van der Waals surface area contributed by atoms with Gasteiger partial charge in [-0.2, -0.15) is 0 Å². The first-order valence-corrected chi connectivity index (χ1v) is 7.18. The molecule has 0 saturated heterocycles. The highest BCUT2D eigenvalue weighted by molar-refractivity contribution is 7.29. The molecule has 0 spiro atoms. The minimum Gasteiger partial charge on any atom is -0.386 e. The molecule has 5 nitrogen and oxygen atoms in total. The van der Waals surface area contributed by atoms with Gasteiger partial charge in [0, 0.05) is 49.4 Å². The SMILES string of the molecule is [B][B]COCC(OCC)OCC(COCC)OCB([B])[B]. The lowest BCUT2D eigenvalue weighted by molar-refractivity contribution is -0.186. The summed E-state index contributed by atoms with van der Waals surface area (Å²) < 4.78 is 27.2. The average Bonchev–Trinajstić information content (AvgIpc) is 2.46. The molecular weight excluding hydrogens is 266 g/mol. The normalized spacial score (nSPS) is 13.8. The third-order valence-electron chi connectivity index (χ3n) is 2.32. The fourth-order valence-electron chi connectivity index (χ4n) is 1.42. The first kappa shape index (κ1) is 21.1. The van der Waals surface area contributed by atoms with Crippen LogP contribution in [0.15, 0.2) is 0 Å². The smallest absolute Gasteiger partial charge is 0.180 e. The molecule has 10 heteroatoms. The summed E-state index contributed by atoms with van der Waals surface area (Å²) in [4.78, 5) is 0. The van der Waals surface area contributed by atoms with E-state index in [-0.39, 0.29) is 12.6 Å². The maximum absolute atomic E-state index is 5.63. The van der Waals surface area contributed by atoms with Crippen LogP contribution in [0.2, 0.25) is 0 Å². The maximum atomic E-state index is 5.63. The van der Waals surface area contributed by atoms with E-state index in [0.29, 0.717) is 39.5 Å².